The molecule has 2 aromatic carbocycles. The predicted octanol–water partition coefficient (Wildman–Crippen LogP) is 3.60. The number of alkyl halides is 6. The fourth-order valence-electron chi connectivity index (χ4n) is 3.96. The van der Waals surface area contributed by atoms with E-state index in [2.05, 4.69) is 15.7 Å². The van der Waals surface area contributed by atoms with E-state index in [9.17, 15) is 40.7 Å². The lowest BCUT2D eigenvalue weighted by Gasteiger charge is -2.27. The molecule has 1 fully saturated rings. The van der Waals surface area contributed by atoms with E-state index in [0.717, 1.165) is 24.4 Å². The number of halogens is 6. The Bertz CT molecular complexity index is 1350. The summed E-state index contributed by atoms with van der Waals surface area (Å²) in [5.74, 6) is -1.79. The number of carbonyl (C=O) groups is 3. The largest absolute Gasteiger partial charge is 0.416 e. The van der Waals surface area contributed by atoms with Crippen molar-refractivity contribution in [2.24, 2.45) is 0 Å². The number of amides is 4. The van der Waals surface area contributed by atoms with Gasteiger partial charge >= 0.3 is 18.4 Å². The summed E-state index contributed by atoms with van der Waals surface area (Å²) in [6.45, 7) is -2.20. The van der Waals surface area contributed by atoms with Crippen molar-refractivity contribution in [2.45, 2.75) is 24.4 Å². The van der Waals surface area contributed by atoms with Gasteiger partial charge in [0.25, 0.3) is 11.8 Å². The van der Waals surface area contributed by atoms with Crippen molar-refractivity contribution in [2.75, 3.05) is 6.54 Å². The number of rotatable bonds is 6. The minimum Gasteiger partial charge on any atom is -0.349 e. The van der Waals surface area contributed by atoms with Crippen LogP contribution in [-0.4, -0.2) is 40.3 Å². The normalized spacial score (nSPS) is 17.9. The highest BCUT2D eigenvalue weighted by atomic mass is 19.4. The lowest BCUT2D eigenvalue weighted by Crippen LogP contribution is -2.54. The van der Waals surface area contributed by atoms with Crippen molar-refractivity contribution in [3.05, 3.63) is 77.6 Å². The van der Waals surface area contributed by atoms with Crippen LogP contribution in [0.25, 0.3) is 11.1 Å². The smallest absolute Gasteiger partial charge is 0.349 e. The van der Waals surface area contributed by atoms with Gasteiger partial charge in [0.15, 0.2) is 5.54 Å². The third-order valence-corrected chi connectivity index (χ3v) is 5.63. The van der Waals surface area contributed by atoms with Crippen LogP contribution in [0.2, 0.25) is 0 Å². The highest BCUT2D eigenvalue weighted by molar-refractivity contribution is 6.08. The molecule has 0 bridgehead atoms. The van der Waals surface area contributed by atoms with Gasteiger partial charge in [-0.3, -0.25) is 19.6 Å². The zero-order valence-corrected chi connectivity index (χ0v) is 18.6. The molecule has 1 aliphatic heterocycles. The molecule has 37 heavy (non-hydrogen) atoms. The molecule has 0 radical (unpaired) electrons. The third kappa shape index (κ3) is 5.27. The quantitative estimate of drug-likeness (QED) is 0.338. The van der Waals surface area contributed by atoms with Gasteiger partial charge in [0.05, 0.1) is 17.8 Å². The van der Waals surface area contributed by atoms with Crippen molar-refractivity contribution < 1.29 is 40.7 Å². The van der Waals surface area contributed by atoms with Crippen molar-refractivity contribution in [1.82, 2.24) is 25.7 Å². The Labute approximate surface area is 204 Å². The fraction of sp³-hybridized carbons (Fsp3) is 0.217. The van der Waals surface area contributed by atoms with Gasteiger partial charge in [0, 0.05) is 11.8 Å². The minimum atomic E-state index is -4.69. The maximum Gasteiger partial charge on any atom is 0.416 e. The molecule has 1 saturated heterocycles. The van der Waals surface area contributed by atoms with E-state index in [1.54, 1.807) is 6.07 Å². The van der Waals surface area contributed by atoms with Crippen molar-refractivity contribution in [1.29, 1.82) is 0 Å². The van der Waals surface area contributed by atoms with Gasteiger partial charge in [-0.2, -0.15) is 31.4 Å². The van der Waals surface area contributed by atoms with Crippen molar-refractivity contribution in [3.8, 4) is 11.1 Å². The molecule has 194 valence electrons. The Kier molecular flexibility index (Phi) is 6.44. The molecule has 0 saturated carbocycles. The Morgan fingerprint density at radius 3 is 2.24 bits per heavy atom. The minimum absolute atomic E-state index is 0.0194. The number of benzene rings is 2. The second kappa shape index (κ2) is 9.26. The number of nitrogens with zero attached hydrogens (tertiary/aromatic N) is 2. The molecule has 4 rings (SSSR count). The van der Waals surface area contributed by atoms with E-state index in [0.29, 0.717) is 10.2 Å². The molecular weight excluding hydrogens is 508 g/mol. The van der Waals surface area contributed by atoms with Crippen LogP contribution in [0.4, 0.5) is 31.1 Å². The van der Waals surface area contributed by atoms with Gasteiger partial charge in [0.1, 0.15) is 6.54 Å². The average Bonchev–Trinajstić information content (AvgIpc) is 3.39. The molecule has 1 aromatic heterocycles. The SMILES string of the molecule is O=C1NC(=O)C(CNC(=O)c2ccccc2-c2ccc(C(F)(F)F)cc2)(c2ccnn2CC(F)(F)F)N1. The predicted molar refractivity (Wildman–Crippen MR) is 116 cm³/mol. The average molecular weight is 525 g/mol. The monoisotopic (exact) mass is 525 g/mol. The van der Waals surface area contributed by atoms with E-state index in [4.69, 9.17) is 0 Å². The van der Waals surface area contributed by atoms with Crippen LogP contribution >= 0.6 is 0 Å². The van der Waals surface area contributed by atoms with E-state index in [1.165, 1.54) is 30.3 Å². The van der Waals surface area contributed by atoms with Gasteiger partial charge in [-0.15, -0.1) is 0 Å². The topological polar surface area (TPSA) is 105 Å². The Hall–Kier alpha value is -4.36. The number of aromatic nitrogens is 2. The molecule has 4 amide bonds. The van der Waals surface area contributed by atoms with Gasteiger partial charge in [-0.1, -0.05) is 30.3 Å². The van der Waals surface area contributed by atoms with Gasteiger partial charge < -0.3 is 10.6 Å². The molecule has 1 atom stereocenters. The lowest BCUT2D eigenvalue weighted by atomic mass is 9.94. The molecule has 1 unspecified atom stereocenters. The molecule has 1 aliphatic rings. The summed E-state index contributed by atoms with van der Waals surface area (Å²) in [5, 5.41) is 10.2. The van der Waals surface area contributed by atoms with E-state index in [1.807, 2.05) is 5.32 Å². The van der Waals surface area contributed by atoms with Crippen LogP contribution in [0, 0.1) is 0 Å². The number of carbonyl (C=O) groups excluding carboxylic acids is 3. The third-order valence-electron chi connectivity index (χ3n) is 5.63. The first-order valence-electron chi connectivity index (χ1n) is 10.6. The first-order chi connectivity index (χ1) is 17.3. The summed E-state index contributed by atoms with van der Waals surface area (Å²) in [6, 6.07) is 10.2. The van der Waals surface area contributed by atoms with Gasteiger partial charge in [-0.25, -0.2) is 4.79 Å². The van der Waals surface area contributed by atoms with Crippen LogP contribution in [0.15, 0.2) is 60.8 Å². The molecule has 14 heteroatoms. The standard InChI is InChI=1S/C23H17F6N5O3/c24-22(25,26)12-34-17(9-10-31-34)21(19(36)32-20(37)33-21)11-30-18(35)16-4-2-1-3-15(16)13-5-7-14(8-6-13)23(27,28)29/h1-10H,11-12H2,(H,30,35)(H2,32,33,36,37). The molecule has 0 aliphatic carbocycles. The van der Waals surface area contributed by atoms with Gasteiger partial charge in [-0.05, 0) is 35.4 Å². The second-order valence-electron chi connectivity index (χ2n) is 8.11. The summed E-state index contributed by atoms with van der Waals surface area (Å²) in [7, 11) is 0. The first kappa shape index (κ1) is 25.7. The number of hydrogen-bond donors (Lipinski definition) is 3. The van der Waals surface area contributed by atoms with Crippen LogP contribution in [0.1, 0.15) is 21.6 Å². The van der Waals surface area contributed by atoms with E-state index in [-0.39, 0.29) is 16.8 Å². The van der Waals surface area contributed by atoms with Crippen molar-refractivity contribution >= 4 is 17.8 Å². The van der Waals surface area contributed by atoms with Crippen LogP contribution in [-0.2, 0) is 23.1 Å². The number of urea groups is 1. The summed E-state index contributed by atoms with van der Waals surface area (Å²) in [5.41, 5.74) is -2.71. The summed E-state index contributed by atoms with van der Waals surface area (Å²) < 4.78 is 78.3. The van der Waals surface area contributed by atoms with Crippen molar-refractivity contribution in [3.63, 3.8) is 0 Å². The molecule has 2 heterocycles. The lowest BCUT2D eigenvalue weighted by molar-refractivity contribution is -0.144. The molecule has 8 nitrogen and oxygen atoms in total. The van der Waals surface area contributed by atoms with Gasteiger partial charge in [0.2, 0.25) is 0 Å². The molecule has 0 spiro atoms. The molecule has 3 N–H and O–H groups in total. The summed E-state index contributed by atoms with van der Waals surface area (Å²) in [4.78, 5) is 37.7. The highest BCUT2D eigenvalue weighted by Crippen LogP contribution is 2.32. The molecular formula is C23H17F6N5O3. The molecule has 3 aromatic rings. The highest BCUT2D eigenvalue weighted by Gasteiger charge is 2.51. The zero-order chi connectivity index (χ0) is 27.0. The maximum atomic E-state index is 13.1. The van der Waals surface area contributed by atoms with Crippen LogP contribution in [0.3, 0.4) is 0 Å². The Morgan fingerprint density at radius 2 is 1.65 bits per heavy atom. The summed E-state index contributed by atoms with van der Waals surface area (Å²) >= 11 is 0. The number of nitrogens with one attached hydrogen (secondary N) is 3. The van der Waals surface area contributed by atoms with Crippen LogP contribution < -0.4 is 16.0 Å². The first-order valence-corrected chi connectivity index (χ1v) is 10.6. The Balaban J connectivity index is 1.63. The van der Waals surface area contributed by atoms with Crippen LogP contribution in [0.5, 0.6) is 0 Å². The zero-order valence-electron chi connectivity index (χ0n) is 18.6. The summed E-state index contributed by atoms with van der Waals surface area (Å²) in [6.07, 6.45) is -8.22. The number of imide groups is 1. The maximum absolute atomic E-state index is 13.1. The number of hydrogen-bond acceptors (Lipinski definition) is 4. The Morgan fingerprint density at radius 1 is 0.973 bits per heavy atom. The van der Waals surface area contributed by atoms with E-state index >= 15 is 0 Å². The fourth-order valence-corrected chi connectivity index (χ4v) is 3.96. The van der Waals surface area contributed by atoms with E-state index < -0.39 is 54.4 Å². The second-order valence-corrected chi connectivity index (χ2v) is 8.11.